The first-order valence-corrected chi connectivity index (χ1v) is 9.24. The van der Waals surface area contributed by atoms with E-state index in [1.807, 2.05) is 36.4 Å². The molecule has 128 valence electrons. The van der Waals surface area contributed by atoms with Crippen LogP contribution in [-0.2, 0) is 0 Å². The second kappa shape index (κ2) is 8.17. The highest BCUT2D eigenvalue weighted by atomic mass is 79.9. The van der Waals surface area contributed by atoms with Crippen LogP contribution in [0.2, 0.25) is 0 Å². The van der Waals surface area contributed by atoms with Crippen molar-refractivity contribution < 1.29 is 4.74 Å². The monoisotopic (exact) mass is 519 g/mol. The van der Waals surface area contributed by atoms with Gasteiger partial charge in [0, 0.05) is 22.4 Å². The van der Waals surface area contributed by atoms with E-state index in [1.54, 1.807) is 0 Å². The van der Waals surface area contributed by atoms with Crippen molar-refractivity contribution in [2.45, 2.75) is 10.9 Å². The number of nitrogens with one attached hydrogen (secondary N) is 1. The summed E-state index contributed by atoms with van der Waals surface area (Å²) in [4.78, 5) is 7.66. The quantitative estimate of drug-likeness (QED) is 0.323. The lowest BCUT2D eigenvalue weighted by atomic mass is 10.1. The summed E-state index contributed by atoms with van der Waals surface area (Å²) in [6, 6.07) is 9.57. The smallest absolute Gasteiger partial charge is 0.218 e. The molecule has 0 aliphatic heterocycles. The Morgan fingerprint density at radius 2 is 1.92 bits per heavy atom. The number of aliphatic imine (C=N–C) groups is 2. The van der Waals surface area contributed by atoms with Crippen LogP contribution >= 0.6 is 47.8 Å². The number of hydrogen-bond acceptors (Lipinski definition) is 2. The van der Waals surface area contributed by atoms with Gasteiger partial charge in [-0.2, -0.15) is 4.99 Å². The van der Waals surface area contributed by atoms with Crippen molar-refractivity contribution in [3.63, 3.8) is 0 Å². The maximum Gasteiger partial charge on any atom is 0.218 e. The summed E-state index contributed by atoms with van der Waals surface area (Å²) in [6.45, 7) is 0. The molecule has 9 heteroatoms. The molecule has 0 spiro atoms. The highest BCUT2D eigenvalue weighted by molar-refractivity contribution is 9.12. The molecule has 0 fully saturated rings. The summed E-state index contributed by atoms with van der Waals surface area (Å²) in [5.41, 5.74) is 12.1. The molecule has 1 atom stereocenters. The van der Waals surface area contributed by atoms with Gasteiger partial charge in [-0.3, -0.25) is 4.99 Å². The van der Waals surface area contributed by atoms with Crippen LogP contribution in [-0.4, -0.2) is 23.5 Å². The minimum atomic E-state index is -0.687. The Labute approximate surface area is 165 Å². The maximum absolute atomic E-state index is 6.04. The third kappa shape index (κ3) is 5.09. The molecule has 24 heavy (non-hydrogen) atoms. The Bertz CT molecular complexity index is 730. The minimum Gasteiger partial charge on any atom is -0.472 e. The summed E-state index contributed by atoms with van der Waals surface area (Å²) >= 11 is 10.7. The van der Waals surface area contributed by atoms with Gasteiger partial charge in [0.05, 0.1) is 5.70 Å². The Kier molecular flexibility index (Phi) is 6.47. The van der Waals surface area contributed by atoms with Crippen LogP contribution in [0.3, 0.4) is 0 Å². The fraction of sp³-hybridized carbons (Fsp3) is 0.200. The average Bonchev–Trinajstić information content (AvgIpc) is 2.51. The summed E-state index contributed by atoms with van der Waals surface area (Å²) in [6.07, 6.45) is 2.45. The molecule has 1 aliphatic carbocycles. The lowest BCUT2D eigenvalue weighted by molar-refractivity contribution is 0.223. The molecule has 2 rings (SSSR count). The highest BCUT2D eigenvalue weighted by Crippen LogP contribution is 2.42. The van der Waals surface area contributed by atoms with Gasteiger partial charge in [0.1, 0.15) is 5.75 Å². The van der Waals surface area contributed by atoms with E-state index in [2.05, 4.69) is 63.1 Å². The van der Waals surface area contributed by atoms with E-state index in [0.717, 1.165) is 20.4 Å². The van der Waals surface area contributed by atoms with E-state index in [9.17, 15) is 0 Å². The maximum atomic E-state index is 6.04. The van der Waals surface area contributed by atoms with Crippen molar-refractivity contribution in [1.29, 1.82) is 0 Å². The Hall–Kier alpha value is -1.32. The van der Waals surface area contributed by atoms with Crippen molar-refractivity contribution in [3.8, 4) is 5.75 Å². The number of ether oxygens (including phenoxy) is 1. The van der Waals surface area contributed by atoms with E-state index < -0.39 is 4.51 Å². The van der Waals surface area contributed by atoms with Crippen LogP contribution in [0.15, 0.2) is 61.1 Å². The molecule has 0 amide bonds. The number of benzene rings is 1. The van der Waals surface area contributed by atoms with Crippen LogP contribution in [0, 0.1) is 0 Å². The van der Waals surface area contributed by atoms with Gasteiger partial charge >= 0.3 is 0 Å². The predicted molar refractivity (Wildman–Crippen MR) is 109 cm³/mol. The first kappa shape index (κ1) is 19.0. The molecule has 6 nitrogen and oxygen atoms in total. The lowest BCUT2D eigenvalue weighted by Crippen LogP contribution is -2.37. The number of hydrogen-bond donors (Lipinski definition) is 3. The average molecular weight is 522 g/mol. The molecule has 0 saturated heterocycles. The van der Waals surface area contributed by atoms with E-state index in [-0.39, 0.29) is 11.9 Å². The fourth-order valence-electron chi connectivity index (χ4n) is 1.95. The molecular weight excluding hydrogens is 506 g/mol. The Morgan fingerprint density at radius 1 is 1.25 bits per heavy atom. The van der Waals surface area contributed by atoms with Crippen molar-refractivity contribution in [2.24, 2.45) is 21.5 Å². The molecule has 0 aromatic heterocycles. The Morgan fingerprint density at radius 3 is 2.50 bits per heavy atom. The number of guanidine groups is 2. The lowest BCUT2D eigenvalue weighted by Gasteiger charge is -2.31. The van der Waals surface area contributed by atoms with Crippen molar-refractivity contribution in [3.05, 3.63) is 51.1 Å². The number of alkyl halides is 1. The number of para-hydroxylation sites is 1. The van der Waals surface area contributed by atoms with Crippen molar-refractivity contribution >= 4 is 59.7 Å². The molecule has 0 radical (unpaired) electrons. The predicted octanol–water partition coefficient (Wildman–Crippen LogP) is 3.29. The normalized spacial score (nSPS) is 22.2. The summed E-state index contributed by atoms with van der Waals surface area (Å²) in [7, 11) is 1.54. The summed E-state index contributed by atoms with van der Waals surface area (Å²) in [5, 5.41) is 2.99. The van der Waals surface area contributed by atoms with Crippen LogP contribution in [0.1, 0.15) is 6.42 Å². The zero-order valence-electron chi connectivity index (χ0n) is 12.8. The zero-order chi connectivity index (χ0) is 17.7. The zero-order valence-corrected chi connectivity index (χ0v) is 17.5. The molecule has 0 bridgehead atoms. The van der Waals surface area contributed by atoms with Gasteiger partial charge in [0.15, 0.2) is 4.51 Å². The molecule has 5 N–H and O–H groups in total. The van der Waals surface area contributed by atoms with E-state index >= 15 is 0 Å². The largest absolute Gasteiger partial charge is 0.472 e. The first-order valence-electron chi connectivity index (χ1n) is 6.87. The summed E-state index contributed by atoms with van der Waals surface area (Å²) in [5.74, 6) is 0.993. The number of allylic oxidation sites excluding steroid dienone is 1. The van der Waals surface area contributed by atoms with Gasteiger partial charge < -0.3 is 21.5 Å². The highest BCUT2D eigenvalue weighted by Gasteiger charge is 2.34. The number of nitrogens with two attached hydrogens (primary N) is 2. The molecule has 1 aromatic rings. The number of rotatable bonds is 3. The van der Waals surface area contributed by atoms with Gasteiger partial charge in [0.2, 0.25) is 11.9 Å². The van der Waals surface area contributed by atoms with Crippen LogP contribution in [0.4, 0.5) is 0 Å². The van der Waals surface area contributed by atoms with Crippen LogP contribution in [0.5, 0.6) is 5.75 Å². The fourth-order valence-corrected chi connectivity index (χ4v) is 5.03. The van der Waals surface area contributed by atoms with Gasteiger partial charge in [-0.25, -0.2) is 0 Å². The SMILES string of the molecule is CN=C(N)N=C(N)NC1=C(Br)CC(Br)(Oc2ccccc2)C=C1Br. The van der Waals surface area contributed by atoms with Gasteiger partial charge in [-0.1, -0.05) is 34.1 Å². The van der Waals surface area contributed by atoms with Crippen LogP contribution < -0.4 is 21.5 Å². The molecule has 1 aliphatic rings. The third-order valence-electron chi connectivity index (χ3n) is 3.00. The molecule has 0 saturated carbocycles. The van der Waals surface area contributed by atoms with E-state index in [0.29, 0.717) is 6.42 Å². The van der Waals surface area contributed by atoms with Gasteiger partial charge in [-0.05, 0) is 50.1 Å². The molecular formula is C15H16Br3N5O. The van der Waals surface area contributed by atoms with Crippen molar-refractivity contribution in [2.75, 3.05) is 7.05 Å². The molecule has 1 unspecified atom stereocenters. The number of nitrogens with zero attached hydrogens (tertiary/aromatic N) is 2. The Balaban J connectivity index is 2.18. The first-order chi connectivity index (χ1) is 11.3. The summed E-state index contributed by atoms with van der Waals surface area (Å²) < 4.78 is 6.97. The van der Waals surface area contributed by atoms with Crippen molar-refractivity contribution in [1.82, 2.24) is 5.32 Å². The number of halogens is 3. The second-order valence-electron chi connectivity index (χ2n) is 4.85. The molecule has 0 heterocycles. The van der Waals surface area contributed by atoms with E-state index in [4.69, 9.17) is 16.2 Å². The second-order valence-corrected chi connectivity index (χ2v) is 8.01. The van der Waals surface area contributed by atoms with E-state index in [1.165, 1.54) is 7.05 Å². The standard InChI is InChI=1S/C15H16Br3N5O/c1-21-13(19)23-14(20)22-12-10(16)7-15(18,8-11(12)17)24-9-5-3-2-4-6-9/h2-7H,8H2,1H3,(H5,19,20,21,22,23). The third-order valence-corrected chi connectivity index (χ3v) is 4.97. The topological polar surface area (TPSA) is 98.0 Å². The van der Waals surface area contributed by atoms with Crippen LogP contribution in [0.25, 0.3) is 0 Å². The van der Waals surface area contributed by atoms with Gasteiger partial charge in [0.25, 0.3) is 0 Å². The minimum absolute atomic E-state index is 0.0925. The molecule has 1 aromatic carbocycles. The van der Waals surface area contributed by atoms with Gasteiger partial charge in [-0.15, -0.1) is 0 Å².